The van der Waals surface area contributed by atoms with Crippen LogP contribution in [0.1, 0.15) is 23.5 Å². The minimum Gasteiger partial charge on any atom is -0.353 e. The third-order valence-corrected chi connectivity index (χ3v) is 5.85. The Kier molecular flexibility index (Phi) is 3.96. The van der Waals surface area contributed by atoms with Gasteiger partial charge in [-0.25, -0.2) is 15.0 Å². The molecule has 3 aliphatic rings. The van der Waals surface area contributed by atoms with E-state index in [2.05, 4.69) is 38.7 Å². The quantitative estimate of drug-likeness (QED) is 0.613. The summed E-state index contributed by atoms with van der Waals surface area (Å²) < 4.78 is 1.87. The molecule has 3 fully saturated rings. The van der Waals surface area contributed by atoms with Gasteiger partial charge < -0.3 is 4.90 Å². The number of aromatic nitrogens is 5. The summed E-state index contributed by atoms with van der Waals surface area (Å²) in [5.74, 6) is 2.15. The van der Waals surface area contributed by atoms with Crippen LogP contribution >= 0.6 is 11.8 Å². The molecule has 128 valence electrons. The van der Waals surface area contributed by atoms with Gasteiger partial charge in [-0.15, -0.1) is 0 Å². The third kappa shape index (κ3) is 2.57. The summed E-state index contributed by atoms with van der Waals surface area (Å²) in [6.45, 7) is 7.15. The molecule has 2 atom stereocenters. The molecule has 7 nitrogen and oxygen atoms in total. The maximum absolute atomic E-state index is 4.78. The Morgan fingerprint density at radius 2 is 1.96 bits per heavy atom. The summed E-state index contributed by atoms with van der Waals surface area (Å²) in [5.41, 5.74) is 2.29. The van der Waals surface area contributed by atoms with Gasteiger partial charge in [-0.2, -0.15) is 5.10 Å². The second kappa shape index (κ2) is 6.00. The molecule has 0 spiro atoms. The molecular weight excluding hydrogens is 322 g/mol. The summed E-state index contributed by atoms with van der Waals surface area (Å²) in [6, 6.07) is 1.15. The fraction of sp³-hybridized carbons (Fsp3) is 0.625. The number of hydrogen-bond donors (Lipinski definition) is 0. The lowest BCUT2D eigenvalue weighted by atomic mass is 9.87. The molecule has 0 aromatic carbocycles. The topological polar surface area (TPSA) is 63.0 Å². The van der Waals surface area contributed by atoms with Gasteiger partial charge in [0.2, 0.25) is 0 Å². The average molecular weight is 345 g/mol. The van der Waals surface area contributed by atoms with E-state index in [0.29, 0.717) is 12.1 Å². The molecule has 0 saturated carbocycles. The number of thioether (sulfide) groups is 1. The highest BCUT2D eigenvalue weighted by molar-refractivity contribution is 7.98. The number of hydrogen-bond acceptors (Lipinski definition) is 7. The number of anilines is 1. The van der Waals surface area contributed by atoms with Gasteiger partial charge in [-0.05, 0) is 26.5 Å². The van der Waals surface area contributed by atoms with E-state index < -0.39 is 0 Å². The molecule has 2 aromatic rings. The first kappa shape index (κ1) is 15.8. The first-order chi connectivity index (χ1) is 11.6. The number of piperidine rings is 1. The van der Waals surface area contributed by atoms with Gasteiger partial charge in [0, 0.05) is 43.5 Å². The van der Waals surface area contributed by atoms with Crippen LogP contribution in [0.4, 0.5) is 5.82 Å². The van der Waals surface area contributed by atoms with Crippen LogP contribution < -0.4 is 4.90 Å². The zero-order valence-corrected chi connectivity index (χ0v) is 15.4. The molecule has 24 heavy (non-hydrogen) atoms. The SMILES string of the molecule is CSc1nc(C)c(C)c(N2CC3CC(C2)N3Cc2ncnn2C)n1. The second-order valence-electron chi connectivity index (χ2n) is 6.66. The van der Waals surface area contributed by atoms with Gasteiger partial charge in [-0.1, -0.05) is 11.8 Å². The summed E-state index contributed by atoms with van der Waals surface area (Å²) in [4.78, 5) is 18.7. The Balaban J connectivity index is 1.51. The normalized spacial score (nSPS) is 23.4. The van der Waals surface area contributed by atoms with Gasteiger partial charge >= 0.3 is 0 Å². The van der Waals surface area contributed by atoms with Crippen molar-refractivity contribution in [2.24, 2.45) is 7.05 Å². The first-order valence-corrected chi connectivity index (χ1v) is 9.52. The van der Waals surface area contributed by atoms with E-state index in [0.717, 1.165) is 42.1 Å². The summed E-state index contributed by atoms with van der Waals surface area (Å²) in [7, 11) is 1.96. The maximum Gasteiger partial charge on any atom is 0.189 e. The standard InChI is InChI=1S/C16H23N7S/c1-10-11(2)19-16(24-4)20-15(10)22-6-12-5-13(7-22)23(12)8-14-17-9-18-21(14)3/h9,12-13H,5-8H2,1-4H3. The Morgan fingerprint density at radius 3 is 2.58 bits per heavy atom. The average Bonchev–Trinajstić information content (AvgIpc) is 3.00. The van der Waals surface area contributed by atoms with E-state index in [9.17, 15) is 0 Å². The Bertz CT molecular complexity index is 747. The Labute approximate surface area is 146 Å². The molecule has 5 heterocycles. The van der Waals surface area contributed by atoms with Crippen molar-refractivity contribution >= 4 is 17.6 Å². The van der Waals surface area contributed by atoms with E-state index in [1.165, 1.54) is 12.0 Å². The number of fused-ring (bicyclic) bond motifs is 2. The lowest BCUT2D eigenvalue weighted by Gasteiger charge is -2.56. The summed E-state index contributed by atoms with van der Waals surface area (Å²) >= 11 is 1.61. The lowest BCUT2D eigenvalue weighted by Crippen LogP contribution is -2.68. The lowest BCUT2D eigenvalue weighted by molar-refractivity contribution is -0.0116. The molecule has 2 aromatic heterocycles. The predicted octanol–water partition coefficient (Wildman–Crippen LogP) is 1.41. The van der Waals surface area contributed by atoms with Gasteiger partial charge in [0.05, 0.1) is 6.54 Å². The molecule has 0 radical (unpaired) electrons. The zero-order valence-electron chi connectivity index (χ0n) is 14.6. The number of rotatable bonds is 4. The highest BCUT2D eigenvalue weighted by Gasteiger charge is 2.45. The number of aryl methyl sites for hydroxylation is 2. The van der Waals surface area contributed by atoms with Crippen molar-refractivity contribution in [2.45, 2.75) is 44.1 Å². The molecule has 0 aliphatic carbocycles. The maximum atomic E-state index is 4.78. The van der Waals surface area contributed by atoms with E-state index in [1.54, 1.807) is 18.1 Å². The molecule has 0 amide bonds. The van der Waals surface area contributed by atoms with Crippen LogP contribution in [0.15, 0.2) is 11.5 Å². The smallest absolute Gasteiger partial charge is 0.189 e. The predicted molar refractivity (Wildman–Crippen MR) is 94.2 cm³/mol. The zero-order chi connectivity index (χ0) is 16.8. The largest absolute Gasteiger partial charge is 0.353 e. The highest BCUT2D eigenvalue weighted by Crippen LogP contribution is 2.36. The van der Waals surface area contributed by atoms with E-state index in [4.69, 9.17) is 4.98 Å². The van der Waals surface area contributed by atoms with Crippen molar-refractivity contribution in [3.8, 4) is 0 Å². The minimum absolute atomic E-state index is 0.577. The van der Waals surface area contributed by atoms with Crippen LogP contribution in [0.3, 0.4) is 0 Å². The molecular formula is C16H23N7S. The van der Waals surface area contributed by atoms with Gasteiger partial charge in [-0.3, -0.25) is 9.58 Å². The molecule has 8 heteroatoms. The summed E-state index contributed by atoms with van der Waals surface area (Å²) in [5, 5.41) is 5.04. The number of piperazine rings is 1. The van der Waals surface area contributed by atoms with E-state index in [1.807, 2.05) is 18.0 Å². The van der Waals surface area contributed by atoms with Gasteiger partial charge in [0.15, 0.2) is 5.16 Å². The van der Waals surface area contributed by atoms with Gasteiger partial charge in [0.25, 0.3) is 0 Å². The van der Waals surface area contributed by atoms with Crippen molar-refractivity contribution in [2.75, 3.05) is 24.2 Å². The Morgan fingerprint density at radius 1 is 1.21 bits per heavy atom. The third-order valence-electron chi connectivity index (χ3n) is 5.30. The molecule has 2 bridgehead atoms. The van der Waals surface area contributed by atoms with Crippen LogP contribution in [0.5, 0.6) is 0 Å². The highest BCUT2D eigenvalue weighted by atomic mass is 32.2. The van der Waals surface area contributed by atoms with Crippen molar-refractivity contribution < 1.29 is 0 Å². The van der Waals surface area contributed by atoms with Crippen molar-refractivity contribution in [3.05, 3.63) is 23.4 Å². The van der Waals surface area contributed by atoms with Crippen LogP contribution in [-0.4, -0.2) is 61.1 Å². The molecule has 2 unspecified atom stereocenters. The monoisotopic (exact) mass is 345 g/mol. The molecule has 5 rings (SSSR count). The molecule has 3 saturated heterocycles. The van der Waals surface area contributed by atoms with Gasteiger partial charge in [0.1, 0.15) is 18.0 Å². The van der Waals surface area contributed by atoms with Crippen molar-refractivity contribution in [1.29, 1.82) is 0 Å². The minimum atomic E-state index is 0.577. The van der Waals surface area contributed by atoms with E-state index >= 15 is 0 Å². The fourth-order valence-electron chi connectivity index (χ4n) is 3.73. The molecule has 0 N–H and O–H groups in total. The fourth-order valence-corrected chi connectivity index (χ4v) is 4.14. The van der Waals surface area contributed by atoms with Crippen molar-refractivity contribution in [1.82, 2.24) is 29.6 Å². The first-order valence-electron chi connectivity index (χ1n) is 8.29. The van der Waals surface area contributed by atoms with Crippen LogP contribution in [0.2, 0.25) is 0 Å². The van der Waals surface area contributed by atoms with Crippen LogP contribution in [-0.2, 0) is 13.6 Å². The second-order valence-corrected chi connectivity index (χ2v) is 7.44. The number of nitrogens with zero attached hydrogens (tertiary/aromatic N) is 7. The Hall–Kier alpha value is -1.67. The summed E-state index contributed by atoms with van der Waals surface area (Å²) in [6.07, 6.45) is 4.94. The van der Waals surface area contributed by atoms with E-state index in [-0.39, 0.29) is 0 Å². The van der Waals surface area contributed by atoms with Crippen LogP contribution in [0, 0.1) is 13.8 Å². The van der Waals surface area contributed by atoms with Crippen LogP contribution in [0.25, 0.3) is 0 Å². The molecule has 3 aliphatic heterocycles. The van der Waals surface area contributed by atoms with Crippen molar-refractivity contribution in [3.63, 3.8) is 0 Å².